The van der Waals surface area contributed by atoms with Gasteiger partial charge in [0.1, 0.15) is 0 Å². The van der Waals surface area contributed by atoms with Gasteiger partial charge in [0.25, 0.3) is 0 Å². The van der Waals surface area contributed by atoms with Crippen LogP contribution in [-0.2, 0) is 0 Å². The largest absolute Gasteiger partial charge is 0.103 e. The quantitative estimate of drug-likeness (QED) is 0.589. The van der Waals surface area contributed by atoms with E-state index in [4.69, 9.17) is 0 Å². The average molecular weight is 216 g/mol. The van der Waals surface area contributed by atoms with E-state index < -0.39 is 0 Å². The van der Waals surface area contributed by atoms with Crippen LogP contribution in [0.15, 0.2) is 36.0 Å². The molecule has 2 rings (SSSR count). The van der Waals surface area contributed by atoms with E-state index in [1.165, 1.54) is 37.7 Å². The van der Waals surface area contributed by atoms with E-state index in [2.05, 4.69) is 38.7 Å². The molecule has 2 aliphatic rings. The van der Waals surface area contributed by atoms with Crippen LogP contribution in [-0.4, -0.2) is 0 Å². The average Bonchev–Trinajstić information content (AvgIpc) is 2.73. The van der Waals surface area contributed by atoms with Crippen molar-refractivity contribution in [3.05, 3.63) is 36.0 Å². The van der Waals surface area contributed by atoms with Crippen LogP contribution in [0, 0.1) is 17.8 Å². The molecule has 2 aliphatic carbocycles. The molecular weight excluding hydrogens is 192 g/mol. The second-order valence-electron chi connectivity index (χ2n) is 5.51. The summed E-state index contributed by atoms with van der Waals surface area (Å²) in [6.45, 7) is 8.59. The zero-order chi connectivity index (χ0) is 11.5. The molecular formula is C16H24. The Labute approximate surface area is 100 Å². The lowest BCUT2D eigenvalue weighted by Crippen LogP contribution is -2.10. The zero-order valence-corrected chi connectivity index (χ0v) is 10.7. The van der Waals surface area contributed by atoms with Crippen molar-refractivity contribution in [1.29, 1.82) is 0 Å². The van der Waals surface area contributed by atoms with Crippen molar-refractivity contribution in [1.82, 2.24) is 0 Å². The minimum Gasteiger partial charge on any atom is -0.103 e. The molecule has 0 aliphatic heterocycles. The number of allylic oxidation sites excluding steroid dienone is 5. The molecule has 3 atom stereocenters. The lowest BCUT2D eigenvalue weighted by molar-refractivity contribution is 0.498. The highest BCUT2D eigenvalue weighted by molar-refractivity contribution is 5.26. The van der Waals surface area contributed by atoms with Crippen LogP contribution in [0.1, 0.15) is 46.0 Å². The van der Waals surface area contributed by atoms with E-state index in [1.54, 1.807) is 5.57 Å². The molecule has 0 heteroatoms. The summed E-state index contributed by atoms with van der Waals surface area (Å²) in [4.78, 5) is 0. The van der Waals surface area contributed by atoms with Crippen molar-refractivity contribution < 1.29 is 0 Å². The fraction of sp³-hybridized carbons (Fsp3) is 0.625. The first-order valence-corrected chi connectivity index (χ1v) is 6.73. The lowest BCUT2D eigenvalue weighted by Gasteiger charge is -2.22. The van der Waals surface area contributed by atoms with E-state index in [9.17, 15) is 0 Å². The summed E-state index contributed by atoms with van der Waals surface area (Å²) in [6.07, 6.45) is 13.6. The first kappa shape index (κ1) is 11.7. The monoisotopic (exact) mass is 216 g/mol. The van der Waals surface area contributed by atoms with Gasteiger partial charge in [0, 0.05) is 0 Å². The van der Waals surface area contributed by atoms with Crippen LogP contribution in [0.25, 0.3) is 0 Å². The Kier molecular flexibility index (Phi) is 3.68. The predicted molar refractivity (Wildman–Crippen MR) is 71.3 cm³/mol. The smallest absolute Gasteiger partial charge is 0.0134 e. The summed E-state index contributed by atoms with van der Waals surface area (Å²) in [5.41, 5.74) is 3.22. The highest BCUT2D eigenvalue weighted by atomic mass is 14.4. The Morgan fingerprint density at radius 2 is 2.12 bits per heavy atom. The summed E-state index contributed by atoms with van der Waals surface area (Å²) in [5.74, 6) is 2.47. The SMILES string of the molecule is C=CC1CC(CC)C[C@H]1C1=CC=C(C)CC1. The first-order valence-electron chi connectivity index (χ1n) is 6.73. The fourth-order valence-corrected chi connectivity index (χ4v) is 3.27. The third-order valence-electron chi connectivity index (χ3n) is 4.46. The van der Waals surface area contributed by atoms with Gasteiger partial charge in [-0.2, -0.15) is 0 Å². The van der Waals surface area contributed by atoms with Gasteiger partial charge in [-0.3, -0.25) is 0 Å². The molecule has 1 saturated carbocycles. The molecule has 0 nitrogen and oxygen atoms in total. The van der Waals surface area contributed by atoms with Crippen LogP contribution in [0.4, 0.5) is 0 Å². The van der Waals surface area contributed by atoms with Crippen LogP contribution < -0.4 is 0 Å². The minimum absolute atomic E-state index is 0.739. The third-order valence-corrected chi connectivity index (χ3v) is 4.46. The van der Waals surface area contributed by atoms with Gasteiger partial charge in [0.2, 0.25) is 0 Å². The topological polar surface area (TPSA) is 0 Å². The Morgan fingerprint density at radius 1 is 1.31 bits per heavy atom. The maximum Gasteiger partial charge on any atom is -0.0134 e. The lowest BCUT2D eigenvalue weighted by atomic mass is 9.83. The van der Waals surface area contributed by atoms with Gasteiger partial charge in [-0.1, -0.05) is 42.7 Å². The molecule has 0 aromatic heterocycles. The Morgan fingerprint density at radius 3 is 2.69 bits per heavy atom. The number of hydrogen-bond acceptors (Lipinski definition) is 0. The van der Waals surface area contributed by atoms with Crippen molar-refractivity contribution in [2.45, 2.75) is 46.0 Å². The second kappa shape index (κ2) is 5.03. The van der Waals surface area contributed by atoms with E-state index in [1.807, 2.05) is 0 Å². The second-order valence-corrected chi connectivity index (χ2v) is 5.51. The molecule has 16 heavy (non-hydrogen) atoms. The van der Waals surface area contributed by atoms with Crippen molar-refractivity contribution in [2.24, 2.45) is 17.8 Å². The van der Waals surface area contributed by atoms with Gasteiger partial charge < -0.3 is 0 Å². The maximum absolute atomic E-state index is 4.03. The summed E-state index contributed by atoms with van der Waals surface area (Å²) in [5, 5.41) is 0. The molecule has 0 N–H and O–H groups in total. The molecule has 1 fully saturated rings. The van der Waals surface area contributed by atoms with E-state index in [0.29, 0.717) is 0 Å². The highest BCUT2D eigenvalue weighted by Crippen LogP contribution is 2.44. The molecule has 88 valence electrons. The van der Waals surface area contributed by atoms with Crippen molar-refractivity contribution in [2.75, 3.05) is 0 Å². The highest BCUT2D eigenvalue weighted by Gasteiger charge is 2.33. The Hall–Kier alpha value is -0.780. The van der Waals surface area contributed by atoms with E-state index in [0.717, 1.165) is 17.8 Å². The normalized spacial score (nSPS) is 34.5. The summed E-state index contributed by atoms with van der Waals surface area (Å²) in [7, 11) is 0. The molecule has 2 unspecified atom stereocenters. The molecule has 0 radical (unpaired) electrons. The van der Waals surface area contributed by atoms with Gasteiger partial charge in [0.15, 0.2) is 0 Å². The molecule has 0 aromatic rings. The fourth-order valence-electron chi connectivity index (χ4n) is 3.27. The van der Waals surface area contributed by atoms with Crippen molar-refractivity contribution in [3.63, 3.8) is 0 Å². The van der Waals surface area contributed by atoms with Crippen molar-refractivity contribution >= 4 is 0 Å². The minimum atomic E-state index is 0.739. The van der Waals surface area contributed by atoms with Gasteiger partial charge in [0.05, 0.1) is 0 Å². The zero-order valence-electron chi connectivity index (χ0n) is 10.7. The maximum atomic E-state index is 4.03. The Balaban J connectivity index is 2.11. The van der Waals surface area contributed by atoms with Crippen LogP contribution >= 0.6 is 0 Å². The van der Waals surface area contributed by atoms with Crippen LogP contribution in [0.3, 0.4) is 0 Å². The molecule has 0 heterocycles. The van der Waals surface area contributed by atoms with Gasteiger partial charge in [-0.05, 0) is 50.4 Å². The van der Waals surface area contributed by atoms with Gasteiger partial charge in [-0.25, -0.2) is 0 Å². The first-order chi connectivity index (χ1) is 7.74. The van der Waals surface area contributed by atoms with Crippen LogP contribution in [0.5, 0.6) is 0 Å². The van der Waals surface area contributed by atoms with Gasteiger partial charge >= 0.3 is 0 Å². The summed E-state index contributed by atoms with van der Waals surface area (Å²) >= 11 is 0. The van der Waals surface area contributed by atoms with E-state index in [-0.39, 0.29) is 0 Å². The standard InChI is InChI=1S/C16H24/c1-4-13-10-14(5-2)16(11-13)15-8-6-12(3)7-9-15/h5-6,8,13-14,16H,2,4,7,9-11H2,1,3H3/t13?,14?,16-/m1/s1. The summed E-state index contributed by atoms with van der Waals surface area (Å²) < 4.78 is 0. The third kappa shape index (κ3) is 2.31. The van der Waals surface area contributed by atoms with Gasteiger partial charge in [-0.15, -0.1) is 6.58 Å². The molecule has 0 aromatic carbocycles. The summed E-state index contributed by atoms with van der Waals surface area (Å²) in [6, 6.07) is 0. The van der Waals surface area contributed by atoms with E-state index >= 15 is 0 Å². The number of hydrogen-bond donors (Lipinski definition) is 0. The molecule has 0 bridgehead atoms. The number of rotatable bonds is 3. The van der Waals surface area contributed by atoms with Crippen molar-refractivity contribution in [3.8, 4) is 0 Å². The molecule has 0 saturated heterocycles. The molecule has 0 amide bonds. The molecule has 0 spiro atoms. The predicted octanol–water partition coefficient (Wildman–Crippen LogP) is 4.89. The van der Waals surface area contributed by atoms with Crippen LogP contribution in [0.2, 0.25) is 0 Å². The Bertz CT molecular complexity index is 319.